The maximum absolute atomic E-state index is 10.1. The van der Waals surface area contributed by atoms with Crippen LogP contribution in [0.25, 0.3) is 0 Å². The fourth-order valence-corrected chi connectivity index (χ4v) is 2.81. The molecule has 0 bridgehead atoms. The Morgan fingerprint density at radius 3 is 2.08 bits per heavy atom. The quantitative estimate of drug-likeness (QED) is 0.338. The Morgan fingerprint density at radius 2 is 1.60 bits per heavy atom. The molecule has 0 radical (unpaired) electrons. The molecule has 6 nitrogen and oxygen atoms in total. The number of carboxylic acid groups (broad SMARTS) is 1. The van der Waals surface area contributed by atoms with E-state index in [-0.39, 0.29) is 6.61 Å². The van der Waals surface area contributed by atoms with E-state index >= 15 is 0 Å². The van der Waals surface area contributed by atoms with Crippen molar-refractivity contribution in [3.63, 3.8) is 0 Å². The zero-order valence-electron chi connectivity index (χ0n) is 16.8. The molecule has 0 saturated carbocycles. The van der Waals surface area contributed by atoms with Crippen LogP contribution in [0.4, 0.5) is 0 Å². The molecule has 0 aromatic rings. The van der Waals surface area contributed by atoms with E-state index in [0.29, 0.717) is 19.7 Å². The summed E-state index contributed by atoms with van der Waals surface area (Å²) in [5, 5.41) is 28.2. The molecule has 0 rings (SSSR count). The Labute approximate surface area is 154 Å². The van der Waals surface area contributed by atoms with Crippen LogP contribution >= 0.6 is 0 Å². The number of aliphatic carboxylic acids is 1. The van der Waals surface area contributed by atoms with Gasteiger partial charge in [0.25, 0.3) is 0 Å². The molecule has 0 heterocycles. The Balaban J connectivity index is 0. The van der Waals surface area contributed by atoms with Crippen LogP contribution in [-0.4, -0.2) is 72.8 Å². The van der Waals surface area contributed by atoms with Gasteiger partial charge in [-0.3, -0.25) is 0 Å². The van der Waals surface area contributed by atoms with Gasteiger partial charge >= 0.3 is 0 Å². The zero-order chi connectivity index (χ0) is 19.6. The lowest BCUT2D eigenvalue weighted by Gasteiger charge is -2.37. The molecule has 0 saturated heterocycles. The Kier molecular flexibility index (Phi) is 19.2. The Bertz CT molecular complexity index is 292. The lowest BCUT2D eigenvalue weighted by Crippen LogP contribution is -2.54. The van der Waals surface area contributed by atoms with Crippen molar-refractivity contribution in [2.45, 2.75) is 72.3 Å². The van der Waals surface area contributed by atoms with Gasteiger partial charge in [0, 0.05) is 12.6 Å². The molecule has 1 unspecified atom stereocenters. The normalized spacial score (nSPS) is 12.4. The van der Waals surface area contributed by atoms with Gasteiger partial charge in [0.05, 0.1) is 26.3 Å². The molecule has 0 aromatic heterocycles. The standard InChI is InChI=1S/C17H38NO3.C2H4O2/c1-4-7-8-9-10-11-14-21-16-17(20)15-18(5-2,6-3)12-13-19;1-2(3)4/h17,19-20H,4-16H2,1-3H3;1H3,(H,3,4)/q+1;/p-1. The van der Waals surface area contributed by atoms with E-state index in [9.17, 15) is 10.2 Å². The van der Waals surface area contributed by atoms with E-state index in [4.69, 9.17) is 14.6 Å². The molecule has 2 N–H and O–H groups in total. The van der Waals surface area contributed by atoms with E-state index in [2.05, 4.69) is 20.8 Å². The van der Waals surface area contributed by atoms with Crippen molar-refractivity contribution in [1.29, 1.82) is 0 Å². The summed E-state index contributed by atoms with van der Waals surface area (Å²) in [6, 6.07) is 0. The molecular formula is C19H41NO5. The second-order valence-corrected chi connectivity index (χ2v) is 6.59. The number of aliphatic hydroxyl groups is 2. The van der Waals surface area contributed by atoms with Gasteiger partial charge < -0.3 is 29.3 Å². The molecular weight excluding hydrogens is 322 g/mol. The second kappa shape index (κ2) is 18.1. The van der Waals surface area contributed by atoms with Crippen molar-refractivity contribution in [2.75, 3.05) is 46.0 Å². The first kappa shape index (κ1) is 26.5. The molecule has 1 atom stereocenters. The number of aliphatic hydroxyl groups excluding tert-OH is 2. The van der Waals surface area contributed by atoms with Crippen molar-refractivity contribution in [1.82, 2.24) is 0 Å². The summed E-state index contributed by atoms with van der Waals surface area (Å²) in [6.07, 6.45) is 7.12. The lowest BCUT2D eigenvalue weighted by molar-refractivity contribution is -0.928. The fourth-order valence-electron chi connectivity index (χ4n) is 2.81. The molecule has 0 amide bonds. The summed E-state index contributed by atoms with van der Waals surface area (Å²) in [5.74, 6) is -1.08. The van der Waals surface area contributed by atoms with E-state index in [1.807, 2.05) is 0 Å². The molecule has 0 fully saturated rings. The predicted octanol–water partition coefficient (Wildman–Crippen LogP) is 1.33. The summed E-state index contributed by atoms with van der Waals surface area (Å²) in [4.78, 5) is 8.89. The first-order valence-electron chi connectivity index (χ1n) is 9.76. The van der Waals surface area contributed by atoms with Gasteiger partial charge in [0.15, 0.2) is 0 Å². The maximum Gasteiger partial charge on any atom is 0.126 e. The molecule has 0 aliphatic heterocycles. The van der Waals surface area contributed by atoms with E-state index < -0.39 is 12.1 Å². The third-order valence-electron chi connectivity index (χ3n) is 4.47. The summed E-state index contributed by atoms with van der Waals surface area (Å²) >= 11 is 0. The van der Waals surface area contributed by atoms with Crippen molar-refractivity contribution in [3.05, 3.63) is 0 Å². The smallest absolute Gasteiger partial charge is 0.126 e. The Morgan fingerprint density at radius 1 is 1.08 bits per heavy atom. The highest BCUT2D eigenvalue weighted by Crippen LogP contribution is 2.09. The van der Waals surface area contributed by atoms with E-state index in [0.717, 1.165) is 37.5 Å². The summed E-state index contributed by atoms with van der Waals surface area (Å²) in [5.41, 5.74) is 0. The second-order valence-electron chi connectivity index (χ2n) is 6.59. The van der Waals surface area contributed by atoms with Gasteiger partial charge in [-0.15, -0.1) is 0 Å². The van der Waals surface area contributed by atoms with Crippen molar-refractivity contribution >= 4 is 5.97 Å². The minimum absolute atomic E-state index is 0.174. The largest absolute Gasteiger partial charge is 0.550 e. The number of hydrogen-bond acceptors (Lipinski definition) is 5. The van der Waals surface area contributed by atoms with Crippen molar-refractivity contribution in [2.24, 2.45) is 0 Å². The van der Waals surface area contributed by atoms with E-state index in [1.54, 1.807) is 0 Å². The summed E-state index contributed by atoms with van der Waals surface area (Å²) in [7, 11) is 0. The number of carbonyl (C=O) groups excluding carboxylic acids is 1. The number of likely N-dealkylation sites (N-methyl/N-ethyl adjacent to an activating group) is 1. The zero-order valence-corrected chi connectivity index (χ0v) is 16.8. The van der Waals surface area contributed by atoms with Gasteiger partial charge in [-0.05, 0) is 27.2 Å². The third-order valence-corrected chi connectivity index (χ3v) is 4.47. The number of quaternary nitrogens is 1. The minimum atomic E-state index is -1.08. The highest BCUT2D eigenvalue weighted by Gasteiger charge is 2.26. The molecule has 25 heavy (non-hydrogen) atoms. The lowest BCUT2D eigenvalue weighted by atomic mass is 10.1. The summed E-state index contributed by atoms with van der Waals surface area (Å²) < 4.78 is 6.35. The first-order valence-corrected chi connectivity index (χ1v) is 9.76. The van der Waals surface area contributed by atoms with Crippen molar-refractivity contribution < 1.29 is 29.3 Å². The molecule has 0 aromatic carbocycles. The molecule has 0 aliphatic rings. The maximum atomic E-state index is 10.1. The highest BCUT2D eigenvalue weighted by atomic mass is 16.5. The number of unbranched alkanes of at least 4 members (excludes halogenated alkanes) is 5. The number of carbonyl (C=O) groups is 1. The summed E-state index contributed by atoms with van der Waals surface area (Å²) in [6.45, 7) is 12.0. The highest BCUT2D eigenvalue weighted by molar-refractivity contribution is 5.60. The SMILES string of the molecule is CC(=O)[O-].CCCCCCCCOCC(O)C[N+](CC)(CC)CCO. The molecule has 6 heteroatoms. The average Bonchev–Trinajstić information content (AvgIpc) is 2.56. The van der Waals surface area contributed by atoms with Crippen LogP contribution in [0, 0.1) is 0 Å². The van der Waals surface area contributed by atoms with Gasteiger partial charge in [-0.2, -0.15) is 0 Å². The van der Waals surface area contributed by atoms with Crippen LogP contribution in [0.1, 0.15) is 66.2 Å². The fraction of sp³-hybridized carbons (Fsp3) is 0.947. The number of nitrogens with zero attached hydrogens (tertiary/aromatic N) is 1. The minimum Gasteiger partial charge on any atom is -0.550 e. The molecule has 0 spiro atoms. The number of ether oxygens (including phenoxy) is 1. The molecule has 0 aliphatic carbocycles. The molecule has 152 valence electrons. The predicted molar refractivity (Wildman–Crippen MR) is 99.0 cm³/mol. The first-order chi connectivity index (χ1) is 11.9. The van der Waals surface area contributed by atoms with Gasteiger partial charge in [0.2, 0.25) is 0 Å². The average molecular weight is 364 g/mol. The number of rotatable bonds is 15. The van der Waals surface area contributed by atoms with Crippen LogP contribution in [0.5, 0.6) is 0 Å². The Hall–Kier alpha value is -0.690. The van der Waals surface area contributed by atoms with Gasteiger partial charge in [0.1, 0.15) is 19.2 Å². The number of hydrogen-bond donors (Lipinski definition) is 2. The topological polar surface area (TPSA) is 89.8 Å². The van der Waals surface area contributed by atoms with Crippen LogP contribution < -0.4 is 5.11 Å². The third kappa shape index (κ3) is 17.9. The van der Waals surface area contributed by atoms with Gasteiger partial charge in [-0.1, -0.05) is 39.0 Å². The van der Waals surface area contributed by atoms with Crippen molar-refractivity contribution in [3.8, 4) is 0 Å². The number of carboxylic acids is 1. The van der Waals surface area contributed by atoms with Crippen LogP contribution in [-0.2, 0) is 9.53 Å². The van der Waals surface area contributed by atoms with E-state index in [1.165, 1.54) is 32.1 Å². The van der Waals surface area contributed by atoms with Crippen LogP contribution in [0.2, 0.25) is 0 Å². The monoisotopic (exact) mass is 363 g/mol. The van der Waals surface area contributed by atoms with Gasteiger partial charge in [-0.25, -0.2) is 0 Å². The van der Waals surface area contributed by atoms with Crippen LogP contribution in [0.15, 0.2) is 0 Å². The van der Waals surface area contributed by atoms with Crippen LogP contribution in [0.3, 0.4) is 0 Å².